The van der Waals surface area contributed by atoms with Crippen LogP contribution < -0.4 is 5.73 Å². The van der Waals surface area contributed by atoms with Gasteiger partial charge in [-0.1, -0.05) is 39.5 Å². The summed E-state index contributed by atoms with van der Waals surface area (Å²) in [4.78, 5) is 0. The van der Waals surface area contributed by atoms with Gasteiger partial charge in [0.2, 0.25) is 0 Å². The lowest BCUT2D eigenvalue weighted by atomic mass is 9.68. The van der Waals surface area contributed by atoms with Crippen LogP contribution in [0.4, 0.5) is 0 Å². The van der Waals surface area contributed by atoms with Crippen molar-refractivity contribution in [3.8, 4) is 0 Å². The quantitative estimate of drug-likeness (QED) is 0.738. The van der Waals surface area contributed by atoms with Gasteiger partial charge in [0, 0.05) is 12.0 Å². The van der Waals surface area contributed by atoms with Crippen LogP contribution >= 0.6 is 0 Å². The zero-order valence-corrected chi connectivity index (χ0v) is 11.6. The van der Waals surface area contributed by atoms with Crippen molar-refractivity contribution in [2.45, 2.75) is 77.4 Å². The average Bonchev–Trinajstić information content (AvgIpc) is 2.95. The topological polar surface area (TPSA) is 35.2 Å². The fourth-order valence-corrected chi connectivity index (χ4v) is 3.92. The molecule has 0 aromatic heterocycles. The Hall–Kier alpha value is -0.0800. The van der Waals surface area contributed by atoms with Crippen LogP contribution in [0.5, 0.6) is 0 Å². The second kappa shape index (κ2) is 5.71. The Bertz CT molecular complexity index is 243. The molecule has 4 unspecified atom stereocenters. The van der Waals surface area contributed by atoms with E-state index in [0.717, 1.165) is 12.5 Å². The predicted molar refractivity (Wildman–Crippen MR) is 71.9 cm³/mol. The summed E-state index contributed by atoms with van der Waals surface area (Å²) in [5.41, 5.74) is 6.44. The van der Waals surface area contributed by atoms with Gasteiger partial charge in [-0.25, -0.2) is 0 Å². The summed E-state index contributed by atoms with van der Waals surface area (Å²) in [6.07, 6.45) is 11.5. The van der Waals surface area contributed by atoms with Crippen LogP contribution in [0.2, 0.25) is 0 Å². The van der Waals surface area contributed by atoms with Gasteiger partial charge < -0.3 is 10.5 Å². The molecule has 0 aromatic carbocycles. The lowest BCUT2D eigenvalue weighted by Gasteiger charge is -2.37. The van der Waals surface area contributed by atoms with Gasteiger partial charge in [0.05, 0.1) is 12.2 Å². The molecule has 0 radical (unpaired) electrons. The third-order valence-electron chi connectivity index (χ3n) is 5.07. The second-order valence-electron chi connectivity index (χ2n) is 6.22. The highest BCUT2D eigenvalue weighted by Gasteiger charge is 2.51. The van der Waals surface area contributed by atoms with Crippen molar-refractivity contribution in [2.75, 3.05) is 6.54 Å². The molecule has 0 aromatic rings. The van der Waals surface area contributed by atoms with Crippen molar-refractivity contribution >= 4 is 0 Å². The third kappa shape index (κ3) is 2.68. The molecule has 0 amide bonds. The molecule has 2 aliphatic rings. The SMILES string of the molecule is CCCCC(CC)CC1(CN)CC2CCC1O2. The van der Waals surface area contributed by atoms with Gasteiger partial charge in [-0.3, -0.25) is 0 Å². The van der Waals surface area contributed by atoms with E-state index in [4.69, 9.17) is 10.5 Å². The van der Waals surface area contributed by atoms with Crippen LogP contribution in [0, 0.1) is 11.3 Å². The summed E-state index contributed by atoms with van der Waals surface area (Å²) < 4.78 is 6.05. The normalized spacial score (nSPS) is 37.6. The molecule has 2 heterocycles. The van der Waals surface area contributed by atoms with Crippen LogP contribution in [0.25, 0.3) is 0 Å². The van der Waals surface area contributed by atoms with E-state index in [9.17, 15) is 0 Å². The van der Waals surface area contributed by atoms with Gasteiger partial charge in [0.1, 0.15) is 0 Å². The summed E-state index contributed by atoms with van der Waals surface area (Å²) in [6.45, 7) is 5.45. The van der Waals surface area contributed by atoms with Gasteiger partial charge in [0.15, 0.2) is 0 Å². The van der Waals surface area contributed by atoms with Crippen LogP contribution in [-0.4, -0.2) is 18.8 Å². The Morgan fingerprint density at radius 2 is 2.18 bits per heavy atom. The molecule has 0 saturated carbocycles. The van der Waals surface area contributed by atoms with Gasteiger partial charge in [-0.15, -0.1) is 0 Å². The summed E-state index contributed by atoms with van der Waals surface area (Å²) >= 11 is 0. The van der Waals surface area contributed by atoms with E-state index >= 15 is 0 Å². The van der Waals surface area contributed by atoms with E-state index in [-0.39, 0.29) is 0 Å². The van der Waals surface area contributed by atoms with Crippen LogP contribution in [0.1, 0.15) is 65.2 Å². The molecular weight excluding hydrogens is 210 g/mol. The highest BCUT2D eigenvalue weighted by atomic mass is 16.5. The van der Waals surface area contributed by atoms with Crippen molar-refractivity contribution in [3.05, 3.63) is 0 Å². The second-order valence-corrected chi connectivity index (χ2v) is 6.22. The number of hydrogen-bond donors (Lipinski definition) is 1. The zero-order valence-electron chi connectivity index (χ0n) is 11.6. The van der Waals surface area contributed by atoms with Crippen LogP contribution in [0.3, 0.4) is 0 Å². The molecule has 17 heavy (non-hydrogen) atoms. The molecule has 2 heteroatoms. The number of nitrogens with two attached hydrogens (primary N) is 1. The lowest BCUT2D eigenvalue weighted by molar-refractivity contribution is 0.0504. The van der Waals surface area contributed by atoms with Gasteiger partial charge in [0.25, 0.3) is 0 Å². The Labute approximate surface area is 106 Å². The Balaban J connectivity index is 1.94. The third-order valence-corrected chi connectivity index (χ3v) is 5.07. The van der Waals surface area contributed by atoms with Crippen LogP contribution in [-0.2, 0) is 4.74 Å². The number of unbranched alkanes of at least 4 members (excludes halogenated alkanes) is 1. The summed E-state index contributed by atoms with van der Waals surface area (Å²) in [7, 11) is 0. The maximum absolute atomic E-state index is 6.11. The number of rotatable bonds is 7. The molecule has 2 bridgehead atoms. The van der Waals surface area contributed by atoms with Crippen molar-refractivity contribution in [1.29, 1.82) is 0 Å². The van der Waals surface area contributed by atoms with E-state index in [1.54, 1.807) is 0 Å². The number of fused-ring (bicyclic) bond motifs is 2. The Morgan fingerprint density at radius 1 is 1.35 bits per heavy atom. The van der Waals surface area contributed by atoms with Gasteiger partial charge in [-0.2, -0.15) is 0 Å². The minimum atomic E-state index is 0.331. The number of ether oxygens (including phenoxy) is 1. The fourth-order valence-electron chi connectivity index (χ4n) is 3.92. The lowest BCUT2D eigenvalue weighted by Crippen LogP contribution is -2.41. The first-order chi connectivity index (χ1) is 8.24. The first-order valence-electron chi connectivity index (χ1n) is 7.59. The summed E-state index contributed by atoms with van der Waals surface area (Å²) in [5.74, 6) is 0.862. The molecule has 2 saturated heterocycles. The monoisotopic (exact) mass is 239 g/mol. The number of hydrogen-bond acceptors (Lipinski definition) is 2. The van der Waals surface area contributed by atoms with Crippen molar-refractivity contribution < 1.29 is 4.74 Å². The summed E-state index contributed by atoms with van der Waals surface area (Å²) in [5, 5.41) is 0. The standard InChI is InChI=1S/C15H29NO/c1-3-5-6-12(4-2)9-15(11-16)10-13-7-8-14(15)17-13/h12-14H,3-11,16H2,1-2H3. The van der Waals surface area contributed by atoms with E-state index in [0.29, 0.717) is 17.6 Å². The molecule has 2 nitrogen and oxygen atoms in total. The molecule has 100 valence electrons. The molecule has 0 aliphatic carbocycles. The maximum Gasteiger partial charge on any atom is 0.0649 e. The minimum absolute atomic E-state index is 0.331. The largest absolute Gasteiger partial charge is 0.374 e. The first kappa shape index (κ1) is 13.4. The first-order valence-corrected chi connectivity index (χ1v) is 7.59. The highest BCUT2D eigenvalue weighted by molar-refractivity contribution is 5.01. The molecule has 2 N–H and O–H groups in total. The summed E-state index contributed by atoms with van der Waals surface area (Å²) in [6, 6.07) is 0. The average molecular weight is 239 g/mol. The van der Waals surface area contributed by atoms with Crippen LogP contribution in [0.15, 0.2) is 0 Å². The highest BCUT2D eigenvalue weighted by Crippen LogP contribution is 2.51. The predicted octanol–water partition coefficient (Wildman–Crippen LogP) is 3.49. The van der Waals surface area contributed by atoms with E-state index in [1.165, 1.54) is 51.4 Å². The van der Waals surface area contributed by atoms with E-state index < -0.39 is 0 Å². The fraction of sp³-hybridized carbons (Fsp3) is 1.00. The van der Waals surface area contributed by atoms with E-state index in [2.05, 4.69) is 13.8 Å². The van der Waals surface area contributed by atoms with Crippen molar-refractivity contribution in [3.63, 3.8) is 0 Å². The molecule has 4 atom stereocenters. The minimum Gasteiger partial charge on any atom is -0.374 e. The van der Waals surface area contributed by atoms with Gasteiger partial charge >= 0.3 is 0 Å². The zero-order chi connectivity index (χ0) is 12.3. The molecule has 2 fully saturated rings. The molecule has 0 spiro atoms. The smallest absolute Gasteiger partial charge is 0.0649 e. The molecular formula is C15H29NO. The van der Waals surface area contributed by atoms with Crippen molar-refractivity contribution in [1.82, 2.24) is 0 Å². The molecule has 2 rings (SSSR count). The van der Waals surface area contributed by atoms with Crippen molar-refractivity contribution in [2.24, 2.45) is 17.1 Å². The Morgan fingerprint density at radius 3 is 2.65 bits per heavy atom. The molecule has 2 aliphatic heterocycles. The maximum atomic E-state index is 6.11. The van der Waals surface area contributed by atoms with E-state index in [1.807, 2.05) is 0 Å². The Kier molecular flexibility index (Phi) is 4.48. The van der Waals surface area contributed by atoms with Gasteiger partial charge in [-0.05, 0) is 31.6 Å².